The van der Waals surface area contributed by atoms with Crippen LogP contribution in [0.2, 0.25) is 0 Å². The van der Waals surface area contributed by atoms with E-state index in [0.717, 1.165) is 23.2 Å². The molecule has 1 heterocycles. The molecule has 3 rings (SSSR count). The predicted octanol–water partition coefficient (Wildman–Crippen LogP) is 3.24. The molecule has 0 unspecified atom stereocenters. The SMILES string of the molecule is C[C@@H](NS(=O)(=O)c1ccc(C(C)(C)C)cc1)C(=O)N1CCc2ccccc21. The maximum absolute atomic E-state index is 12.8. The van der Waals surface area contributed by atoms with Crippen molar-refractivity contribution < 1.29 is 13.2 Å². The van der Waals surface area contributed by atoms with E-state index in [1.165, 1.54) is 0 Å². The molecule has 1 amide bonds. The first-order valence-electron chi connectivity index (χ1n) is 9.12. The van der Waals surface area contributed by atoms with Crippen molar-refractivity contribution in [3.8, 4) is 0 Å². The number of hydrogen-bond acceptors (Lipinski definition) is 3. The summed E-state index contributed by atoms with van der Waals surface area (Å²) >= 11 is 0. The van der Waals surface area contributed by atoms with E-state index in [1.54, 1.807) is 24.0 Å². The Kier molecular flexibility index (Phi) is 5.14. The van der Waals surface area contributed by atoms with Crippen molar-refractivity contribution in [2.24, 2.45) is 0 Å². The molecule has 144 valence electrons. The number of benzene rings is 2. The molecule has 0 saturated heterocycles. The van der Waals surface area contributed by atoms with E-state index < -0.39 is 16.1 Å². The van der Waals surface area contributed by atoms with Crippen LogP contribution in [0.25, 0.3) is 0 Å². The van der Waals surface area contributed by atoms with Crippen molar-refractivity contribution in [2.75, 3.05) is 11.4 Å². The number of carbonyl (C=O) groups excluding carboxylic acids is 1. The van der Waals surface area contributed by atoms with Crippen LogP contribution in [0.3, 0.4) is 0 Å². The van der Waals surface area contributed by atoms with E-state index in [9.17, 15) is 13.2 Å². The molecule has 1 atom stereocenters. The smallest absolute Gasteiger partial charge is 0.244 e. The molecule has 0 saturated carbocycles. The van der Waals surface area contributed by atoms with Crippen molar-refractivity contribution in [3.63, 3.8) is 0 Å². The van der Waals surface area contributed by atoms with Crippen molar-refractivity contribution in [3.05, 3.63) is 59.7 Å². The van der Waals surface area contributed by atoms with Gasteiger partial charge in [0.25, 0.3) is 0 Å². The summed E-state index contributed by atoms with van der Waals surface area (Å²) in [5, 5.41) is 0. The lowest BCUT2D eigenvalue weighted by Gasteiger charge is -2.23. The van der Waals surface area contributed by atoms with Crippen LogP contribution in [-0.4, -0.2) is 26.9 Å². The van der Waals surface area contributed by atoms with Gasteiger partial charge in [0.05, 0.1) is 10.9 Å². The Morgan fingerprint density at radius 3 is 2.33 bits per heavy atom. The highest BCUT2D eigenvalue weighted by Crippen LogP contribution is 2.28. The van der Waals surface area contributed by atoms with Gasteiger partial charge in [-0.25, -0.2) is 8.42 Å². The lowest BCUT2D eigenvalue weighted by Crippen LogP contribution is -2.46. The van der Waals surface area contributed by atoms with Crippen LogP contribution >= 0.6 is 0 Å². The van der Waals surface area contributed by atoms with Gasteiger partial charge in [0, 0.05) is 12.2 Å². The monoisotopic (exact) mass is 386 g/mol. The molecule has 2 aromatic rings. The zero-order valence-corrected chi connectivity index (χ0v) is 17.0. The van der Waals surface area contributed by atoms with Gasteiger partial charge in [0.1, 0.15) is 0 Å². The number of sulfonamides is 1. The van der Waals surface area contributed by atoms with E-state index in [0.29, 0.717) is 6.54 Å². The van der Waals surface area contributed by atoms with Crippen molar-refractivity contribution >= 4 is 21.6 Å². The number of anilines is 1. The van der Waals surface area contributed by atoms with E-state index in [4.69, 9.17) is 0 Å². The zero-order chi connectivity index (χ0) is 19.8. The fraction of sp³-hybridized carbons (Fsp3) is 0.381. The van der Waals surface area contributed by atoms with Crippen LogP contribution in [0, 0.1) is 0 Å². The topological polar surface area (TPSA) is 66.5 Å². The predicted molar refractivity (Wildman–Crippen MR) is 107 cm³/mol. The highest BCUT2D eigenvalue weighted by Gasteiger charge is 2.30. The Labute approximate surface area is 161 Å². The minimum atomic E-state index is -3.77. The molecule has 5 nitrogen and oxygen atoms in total. The van der Waals surface area contributed by atoms with Crippen LogP contribution in [-0.2, 0) is 26.7 Å². The van der Waals surface area contributed by atoms with Crippen molar-refractivity contribution in [1.82, 2.24) is 4.72 Å². The van der Waals surface area contributed by atoms with Gasteiger partial charge in [0.15, 0.2) is 0 Å². The van der Waals surface area contributed by atoms with Crippen molar-refractivity contribution in [1.29, 1.82) is 0 Å². The molecule has 1 aliphatic heterocycles. The Bertz CT molecular complexity index is 944. The molecule has 0 bridgehead atoms. The lowest BCUT2D eigenvalue weighted by atomic mass is 9.87. The van der Waals surface area contributed by atoms with E-state index in [1.807, 2.05) is 36.4 Å². The number of nitrogens with one attached hydrogen (secondary N) is 1. The van der Waals surface area contributed by atoms with E-state index in [-0.39, 0.29) is 16.2 Å². The zero-order valence-electron chi connectivity index (χ0n) is 16.2. The summed E-state index contributed by atoms with van der Waals surface area (Å²) in [6.07, 6.45) is 0.787. The van der Waals surface area contributed by atoms with Crippen LogP contribution < -0.4 is 9.62 Å². The van der Waals surface area contributed by atoms with Gasteiger partial charge in [-0.1, -0.05) is 51.1 Å². The summed E-state index contributed by atoms with van der Waals surface area (Å²) < 4.78 is 27.9. The molecule has 6 heteroatoms. The molecular formula is C21H26N2O3S. The Morgan fingerprint density at radius 2 is 1.70 bits per heavy atom. The van der Waals surface area contributed by atoms with Gasteiger partial charge in [-0.3, -0.25) is 4.79 Å². The van der Waals surface area contributed by atoms with Crippen LogP contribution in [0.1, 0.15) is 38.8 Å². The highest BCUT2D eigenvalue weighted by molar-refractivity contribution is 7.89. The summed E-state index contributed by atoms with van der Waals surface area (Å²) in [7, 11) is -3.77. The van der Waals surface area contributed by atoms with E-state index >= 15 is 0 Å². The number of carbonyl (C=O) groups is 1. The fourth-order valence-corrected chi connectivity index (χ4v) is 4.48. The summed E-state index contributed by atoms with van der Waals surface area (Å²) in [6.45, 7) is 8.38. The van der Waals surface area contributed by atoms with Gasteiger partial charge in [0.2, 0.25) is 15.9 Å². The number of fused-ring (bicyclic) bond motifs is 1. The van der Waals surface area contributed by atoms with Crippen LogP contribution in [0.5, 0.6) is 0 Å². The van der Waals surface area contributed by atoms with Gasteiger partial charge >= 0.3 is 0 Å². The first-order valence-corrected chi connectivity index (χ1v) is 10.6. The second kappa shape index (κ2) is 7.09. The van der Waals surface area contributed by atoms with Gasteiger partial charge in [-0.15, -0.1) is 0 Å². The second-order valence-corrected chi connectivity index (χ2v) is 9.70. The number of hydrogen-bond donors (Lipinski definition) is 1. The standard InChI is InChI=1S/C21H26N2O3S/c1-15(20(24)23-14-13-16-7-5-6-8-19(16)23)22-27(25,26)18-11-9-17(10-12-18)21(2,3)4/h5-12,15,22H,13-14H2,1-4H3/t15-/m1/s1. The molecule has 0 aliphatic carbocycles. The number of nitrogens with zero attached hydrogens (tertiary/aromatic N) is 1. The largest absolute Gasteiger partial charge is 0.310 e. The summed E-state index contributed by atoms with van der Waals surface area (Å²) in [6, 6.07) is 13.7. The summed E-state index contributed by atoms with van der Waals surface area (Å²) in [4.78, 5) is 14.6. The highest BCUT2D eigenvalue weighted by atomic mass is 32.2. The number of amides is 1. The molecule has 1 aliphatic rings. The average Bonchev–Trinajstić information content (AvgIpc) is 3.04. The normalized spacial score (nSPS) is 15.5. The van der Waals surface area contributed by atoms with Crippen molar-refractivity contribution in [2.45, 2.75) is 50.5 Å². The minimum absolute atomic E-state index is 0.0535. The molecule has 1 N–H and O–H groups in total. The van der Waals surface area contributed by atoms with Gasteiger partial charge in [-0.05, 0) is 48.1 Å². The van der Waals surface area contributed by atoms with E-state index in [2.05, 4.69) is 25.5 Å². The first-order chi connectivity index (χ1) is 12.6. The molecule has 27 heavy (non-hydrogen) atoms. The second-order valence-electron chi connectivity index (χ2n) is 7.99. The molecule has 0 radical (unpaired) electrons. The minimum Gasteiger partial charge on any atom is -0.310 e. The number of rotatable bonds is 4. The van der Waals surface area contributed by atoms with Crippen LogP contribution in [0.15, 0.2) is 53.4 Å². The van der Waals surface area contributed by atoms with Gasteiger partial charge in [-0.2, -0.15) is 4.72 Å². The third-order valence-electron chi connectivity index (χ3n) is 4.89. The maximum Gasteiger partial charge on any atom is 0.244 e. The molecule has 0 aromatic heterocycles. The number of para-hydroxylation sites is 1. The summed E-state index contributed by atoms with van der Waals surface area (Å²) in [5.41, 5.74) is 2.98. The lowest BCUT2D eigenvalue weighted by molar-refractivity contribution is -0.119. The third-order valence-corrected chi connectivity index (χ3v) is 6.44. The Balaban J connectivity index is 1.75. The molecule has 0 fully saturated rings. The maximum atomic E-state index is 12.8. The Morgan fingerprint density at radius 1 is 1.07 bits per heavy atom. The van der Waals surface area contributed by atoms with Gasteiger partial charge < -0.3 is 4.90 Å². The quantitative estimate of drug-likeness (QED) is 0.877. The third kappa shape index (κ3) is 4.06. The fourth-order valence-electron chi connectivity index (χ4n) is 3.29. The molecular weight excluding hydrogens is 360 g/mol. The van der Waals surface area contributed by atoms with Crippen LogP contribution in [0.4, 0.5) is 5.69 Å². The average molecular weight is 387 g/mol. The first kappa shape index (κ1) is 19.6. The Hall–Kier alpha value is -2.18. The summed E-state index contributed by atoms with van der Waals surface area (Å²) in [5.74, 6) is -0.241. The molecule has 0 spiro atoms. The molecule has 2 aromatic carbocycles.